The SMILES string of the molecule is CCC(C)SCc1noc(CC(CC)(CC)C(=O)O)n1. The van der Waals surface area contributed by atoms with E-state index in [4.69, 9.17) is 4.52 Å². The minimum Gasteiger partial charge on any atom is -0.481 e. The highest BCUT2D eigenvalue weighted by molar-refractivity contribution is 7.99. The third-order valence-corrected chi connectivity index (χ3v) is 5.21. The molecule has 0 amide bonds. The van der Waals surface area contributed by atoms with Crippen LogP contribution >= 0.6 is 11.8 Å². The van der Waals surface area contributed by atoms with Gasteiger partial charge in [0.25, 0.3) is 0 Å². The molecule has 1 N–H and O–H groups in total. The summed E-state index contributed by atoms with van der Waals surface area (Å²) in [5.74, 6) is 0.987. The van der Waals surface area contributed by atoms with Crippen LogP contribution in [0.1, 0.15) is 58.7 Å². The van der Waals surface area contributed by atoms with Crippen molar-refractivity contribution in [3.63, 3.8) is 0 Å². The van der Waals surface area contributed by atoms with Crippen LogP contribution in [-0.4, -0.2) is 26.5 Å². The van der Waals surface area contributed by atoms with E-state index in [1.807, 2.05) is 13.8 Å². The zero-order valence-corrected chi connectivity index (χ0v) is 13.5. The van der Waals surface area contributed by atoms with Gasteiger partial charge in [-0.3, -0.25) is 4.79 Å². The predicted molar refractivity (Wildman–Crippen MR) is 79.7 cm³/mol. The van der Waals surface area contributed by atoms with Gasteiger partial charge < -0.3 is 9.63 Å². The monoisotopic (exact) mass is 300 g/mol. The number of nitrogens with zero attached hydrogens (tertiary/aromatic N) is 2. The maximum atomic E-state index is 11.5. The fourth-order valence-electron chi connectivity index (χ4n) is 1.92. The van der Waals surface area contributed by atoms with Crippen LogP contribution in [0.2, 0.25) is 0 Å². The Morgan fingerprint density at radius 1 is 1.40 bits per heavy atom. The molecule has 0 aliphatic rings. The highest BCUT2D eigenvalue weighted by Gasteiger charge is 2.37. The van der Waals surface area contributed by atoms with Crippen molar-refractivity contribution in [2.24, 2.45) is 5.41 Å². The zero-order chi connectivity index (χ0) is 15.2. The number of thioether (sulfide) groups is 1. The second-order valence-corrected chi connectivity index (χ2v) is 6.53. The quantitative estimate of drug-likeness (QED) is 0.751. The van der Waals surface area contributed by atoms with E-state index in [1.54, 1.807) is 11.8 Å². The summed E-state index contributed by atoms with van der Waals surface area (Å²) in [6.07, 6.45) is 2.51. The maximum absolute atomic E-state index is 11.5. The van der Waals surface area contributed by atoms with Gasteiger partial charge in [0.05, 0.1) is 11.2 Å². The van der Waals surface area contributed by atoms with E-state index in [9.17, 15) is 9.90 Å². The van der Waals surface area contributed by atoms with E-state index < -0.39 is 11.4 Å². The Morgan fingerprint density at radius 3 is 2.55 bits per heavy atom. The molecule has 6 heteroatoms. The van der Waals surface area contributed by atoms with Crippen LogP contribution in [0, 0.1) is 5.41 Å². The van der Waals surface area contributed by atoms with Gasteiger partial charge in [-0.2, -0.15) is 16.7 Å². The first-order valence-corrected chi connectivity index (χ1v) is 8.18. The molecule has 0 aliphatic heterocycles. The first kappa shape index (κ1) is 17.0. The Bertz CT molecular complexity index is 430. The van der Waals surface area contributed by atoms with Crippen molar-refractivity contribution in [2.45, 2.75) is 64.4 Å². The largest absolute Gasteiger partial charge is 0.481 e. The smallest absolute Gasteiger partial charge is 0.310 e. The summed E-state index contributed by atoms with van der Waals surface area (Å²) in [6, 6.07) is 0. The van der Waals surface area contributed by atoms with E-state index in [-0.39, 0.29) is 0 Å². The molecule has 1 atom stereocenters. The van der Waals surface area contributed by atoms with Crippen LogP contribution in [-0.2, 0) is 17.0 Å². The molecule has 20 heavy (non-hydrogen) atoms. The van der Waals surface area contributed by atoms with Crippen LogP contribution in [0.15, 0.2) is 4.52 Å². The fraction of sp³-hybridized carbons (Fsp3) is 0.786. The lowest BCUT2D eigenvalue weighted by atomic mass is 9.79. The number of rotatable bonds is 9. The van der Waals surface area contributed by atoms with E-state index in [0.29, 0.717) is 42.0 Å². The standard InChI is InChI=1S/C14H24N2O3S/c1-5-10(4)20-9-11-15-12(19-16-11)8-14(6-2,7-3)13(17)18/h10H,5-9H2,1-4H3,(H,17,18). The molecule has 0 saturated heterocycles. The molecule has 1 rings (SSSR count). The number of aliphatic carboxylic acids is 1. The van der Waals surface area contributed by atoms with Gasteiger partial charge in [0.1, 0.15) is 0 Å². The highest BCUT2D eigenvalue weighted by Crippen LogP contribution is 2.31. The third kappa shape index (κ3) is 4.23. The van der Waals surface area contributed by atoms with Gasteiger partial charge >= 0.3 is 5.97 Å². The number of hydrogen-bond acceptors (Lipinski definition) is 5. The van der Waals surface area contributed by atoms with Gasteiger partial charge in [-0.1, -0.05) is 32.9 Å². The molecule has 0 fully saturated rings. The molecule has 0 aromatic carbocycles. The van der Waals surface area contributed by atoms with Crippen molar-refractivity contribution in [3.05, 3.63) is 11.7 Å². The Labute approximate surface area is 124 Å². The average Bonchev–Trinajstić information content (AvgIpc) is 2.89. The van der Waals surface area contributed by atoms with Gasteiger partial charge in [0.15, 0.2) is 5.82 Å². The molecule has 1 unspecified atom stereocenters. The summed E-state index contributed by atoms with van der Waals surface area (Å²) < 4.78 is 5.20. The summed E-state index contributed by atoms with van der Waals surface area (Å²) >= 11 is 1.78. The summed E-state index contributed by atoms with van der Waals surface area (Å²) in [5, 5.41) is 13.9. The number of hydrogen-bond donors (Lipinski definition) is 1. The summed E-state index contributed by atoms with van der Waals surface area (Å²) in [7, 11) is 0. The number of carboxylic acid groups (broad SMARTS) is 1. The average molecular weight is 300 g/mol. The lowest BCUT2D eigenvalue weighted by Gasteiger charge is -2.24. The lowest BCUT2D eigenvalue weighted by molar-refractivity contribution is -0.149. The lowest BCUT2D eigenvalue weighted by Crippen LogP contribution is -2.32. The normalized spacial score (nSPS) is 13.4. The topological polar surface area (TPSA) is 76.2 Å². The highest BCUT2D eigenvalue weighted by atomic mass is 32.2. The fourth-order valence-corrected chi connectivity index (χ4v) is 2.71. The molecule has 1 aromatic heterocycles. The number of carbonyl (C=O) groups is 1. The van der Waals surface area contributed by atoms with Gasteiger partial charge in [-0.15, -0.1) is 0 Å². The maximum Gasteiger partial charge on any atom is 0.310 e. The molecule has 0 bridgehead atoms. The summed E-state index contributed by atoms with van der Waals surface area (Å²) in [6.45, 7) is 8.07. The number of aromatic nitrogens is 2. The van der Waals surface area contributed by atoms with Crippen LogP contribution in [0.5, 0.6) is 0 Å². The van der Waals surface area contributed by atoms with Crippen LogP contribution < -0.4 is 0 Å². The van der Waals surface area contributed by atoms with Crippen molar-refractivity contribution in [1.82, 2.24) is 10.1 Å². The minimum atomic E-state index is -0.798. The molecule has 114 valence electrons. The van der Waals surface area contributed by atoms with E-state index >= 15 is 0 Å². The second kappa shape index (κ2) is 7.67. The van der Waals surface area contributed by atoms with Crippen LogP contribution in [0.4, 0.5) is 0 Å². The Morgan fingerprint density at radius 2 is 2.05 bits per heavy atom. The number of carboxylic acids is 1. The van der Waals surface area contributed by atoms with Crippen molar-refractivity contribution < 1.29 is 14.4 Å². The third-order valence-electron chi connectivity index (χ3n) is 3.88. The predicted octanol–water partition coefficient (Wildman–Crippen LogP) is 3.53. The van der Waals surface area contributed by atoms with Crippen LogP contribution in [0.3, 0.4) is 0 Å². The van der Waals surface area contributed by atoms with Gasteiger partial charge in [-0.05, 0) is 19.3 Å². The molecule has 0 spiro atoms. The van der Waals surface area contributed by atoms with Crippen LogP contribution in [0.25, 0.3) is 0 Å². The van der Waals surface area contributed by atoms with Crippen molar-refractivity contribution >= 4 is 17.7 Å². The molecular weight excluding hydrogens is 276 g/mol. The van der Waals surface area contributed by atoms with Crippen molar-refractivity contribution in [3.8, 4) is 0 Å². The summed E-state index contributed by atoms with van der Waals surface area (Å²) in [5.41, 5.74) is -0.798. The van der Waals surface area contributed by atoms with Gasteiger partial charge in [0.2, 0.25) is 5.89 Å². The van der Waals surface area contributed by atoms with Gasteiger partial charge in [0, 0.05) is 11.7 Å². The molecule has 0 saturated carbocycles. The van der Waals surface area contributed by atoms with E-state index in [0.717, 1.165) is 6.42 Å². The van der Waals surface area contributed by atoms with E-state index in [2.05, 4.69) is 24.0 Å². The molecule has 0 aliphatic carbocycles. The van der Waals surface area contributed by atoms with E-state index in [1.165, 1.54) is 0 Å². The molecule has 1 aromatic rings. The Balaban J connectivity index is 2.69. The van der Waals surface area contributed by atoms with Crippen molar-refractivity contribution in [2.75, 3.05) is 0 Å². The van der Waals surface area contributed by atoms with Gasteiger partial charge in [-0.25, -0.2) is 0 Å². The second-order valence-electron chi connectivity index (χ2n) is 5.10. The molecule has 1 heterocycles. The first-order valence-electron chi connectivity index (χ1n) is 7.13. The Kier molecular flexibility index (Phi) is 6.52. The zero-order valence-electron chi connectivity index (χ0n) is 12.7. The Hall–Kier alpha value is -1.04. The minimum absolute atomic E-state index is 0.302. The van der Waals surface area contributed by atoms with Crippen molar-refractivity contribution in [1.29, 1.82) is 0 Å². The first-order chi connectivity index (χ1) is 9.47. The summed E-state index contributed by atoms with van der Waals surface area (Å²) in [4.78, 5) is 15.8. The molecule has 0 radical (unpaired) electrons. The molecular formula is C14H24N2O3S. The molecule has 5 nitrogen and oxygen atoms in total.